The molecule has 1 N–H and O–H groups in total. The van der Waals surface area contributed by atoms with Gasteiger partial charge in [0.15, 0.2) is 5.82 Å². The summed E-state index contributed by atoms with van der Waals surface area (Å²) in [6.07, 6.45) is 1.98. The Morgan fingerprint density at radius 1 is 1.21 bits per heavy atom. The van der Waals surface area contributed by atoms with Crippen molar-refractivity contribution in [1.29, 1.82) is 0 Å². The fraction of sp³-hybridized carbons (Fsp3) is 0.353. The minimum absolute atomic E-state index is 0.0211. The zero-order valence-corrected chi connectivity index (χ0v) is 15.4. The van der Waals surface area contributed by atoms with Crippen molar-refractivity contribution in [2.24, 2.45) is 0 Å². The number of benzene rings is 1. The minimum Gasteiger partial charge on any atom is -0.368 e. The number of aromatic nitrogens is 5. The lowest BCUT2D eigenvalue weighted by atomic mass is 10.2. The van der Waals surface area contributed by atoms with Crippen LogP contribution in [0.3, 0.4) is 0 Å². The van der Waals surface area contributed by atoms with Crippen LogP contribution in [-0.2, 0) is 11.2 Å². The maximum Gasteiger partial charge on any atom is 0.269 e. The number of nitro groups is 1. The van der Waals surface area contributed by atoms with Crippen molar-refractivity contribution < 1.29 is 14.2 Å². The summed E-state index contributed by atoms with van der Waals surface area (Å²) in [4.78, 5) is 34.9. The maximum atomic E-state index is 12.5. The third-order valence-corrected chi connectivity index (χ3v) is 4.71. The monoisotopic (exact) mass is 398 g/mol. The van der Waals surface area contributed by atoms with Crippen molar-refractivity contribution in [3.05, 3.63) is 46.6 Å². The second kappa shape index (κ2) is 8.04. The van der Waals surface area contributed by atoms with Gasteiger partial charge in [0.1, 0.15) is 6.33 Å². The van der Waals surface area contributed by atoms with E-state index in [-0.39, 0.29) is 18.0 Å². The Kier molecular flexibility index (Phi) is 5.14. The van der Waals surface area contributed by atoms with Crippen molar-refractivity contribution in [2.45, 2.75) is 12.8 Å². The smallest absolute Gasteiger partial charge is 0.269 e. The molecule has 0 aliphatic carbocycles. The summed E-state index contributed by atoms with van der Waals surface area (Å²) in [5.74, 6) is 1.11. The highest BCUT2D eigenvalue weighted by Crippen LogP contribution is 2.21. The molecule has 29 heavy (non-hydrogen) atoms. The van der Waals surface area contributed by atoms with Crippen LogP contribution in [0.5, 0.6) is 0 Å². The maximum absolute atomic E-state index is 12.5. The van der Waals surface area contributed by atoms with Gasteiger partial charge in [0.05, 0.1) is 4.92 Å². The molecule has 0 radical (unpaired) electrons. The fourth-order valence-electron chi connectivity index (χ4n) is 3.14. The van der Waals surface area contributed by atoms with E-state index in [1.807, 2.05) is 0 Å². The number of carbonyl (C=O) groups is 1. The largest absolute Gasteiger partial charge is 0.368 e. The molecule has 3 heterocycles. The van der Waals surface area contributed by atoms with Gasteiger partial charge in [-0.2, -0.15) is 10.1 Å². The van der Waals surface area contributed by atoms with E-state index < -0.39 is 4.92 Å². The van der Waals surface area contributed by atoms with Gasteiger partial charge in [-0.15, -0.1) is 0 Å². The zero-order chi connectivity index (χ0) is 20.2. The van der Waals surface area contributed by atoms with Crippen molar-refractivity contribution >= 4 is 17.3 Å². The molecule has 1 amide bonds. The summed E-state index contributed by atoms with van der Waals surface area (Å²) in [6, 6.07) is 6.45. The van der Waals surface area contributed by atoms with Crippen molar-refractivity contribution in [3.63, 3.8) is 0 Å². The second-order valence-corrected chi connectivity index (χ2v) is 6.49. The first kappa shape index (κ1) is 18.5. The Bertz CT molecular complexity index is 977. The Labute approximate surface area is 164 Å². The topological polar surface area (TPSA) is 147 Å². The fourth-order valence-corrected chi connectivity index (χ4v) is 3.14. The van der Waals surface area contributed by atoms with E-state index in [1.165, 1.54) is 18.5 Å². The third-order valence-electron chi connectivity index (χ3n) is 4.71. The van der Waals surface area contributed by atoms with Crippen LogP contribution < -0.4 is 4.90 Å². The number of hydrogen-bond donors (Lipinski definition) is 1. The van der Waals surface area contributed by atoms with E-state index in [0.29, 0.717) is 50.1 Å². The van der Waals surface area contributed by atoms with E-state index in [4.69, 9.17) is 4.52 Å². The SMILES string of the molecule is O=C(CCc1nc(-c2ncn[nH]2)no1)N1CCN(c2ccc([N+](=O)[O-])cc2)CC1. The number of anilines is 1. The second-order valence-electron chi connectivity index (χ2n) is 6.49. The summed E-state index contributed by atoms with van der Waals surface area (Å²) in [5.41, 5.74) is 0.976. The number of aryl methyl sites for hydroxylation is 1. The molecule has 1 aromatic carbocycles. The van der Waals surface area contributed by atoms with Crippen LogP contribution in [0.4, 0.5) is 11.4 Å². The van der Waals surface area contributed by atoms with Gasteiger partial charge in [-0.25, -0.2) is 4.98 Å². The standard InChI is InChI=1S/C17H18N8O4/c26-15(6-5-14-20-17(22-29-14)16-18-11-19-21-16)24-9-7-23(8-10-24)12-1-3-13(4-2-12)25(27)28/h1-4,11H,5-10H2,(H,18,19,21). The van der Waals surface area contributed by atoms with E-state index in [0.717, 1.165) is 5.69 Å². The molecule has 0 atom stereocenters. The van der Waals surface area contributed by atoms with Crippen LogP contribution in [0.25, 0.3) is 11.6 Å². The van der Waals surface area contributed by atoms with Gasteiger partial charge in [-0.05, 0) is 12.1 Å². The molecule has 0 bridgehead atoms. The third kappa shape index (κ3) is 4.20. The lowest BCUT2D eigenvalue weighted by Crippen LogP contribution is -2.48. The van der Waals surface area contributed by atoms with Crippen LogP contribution in [0.2, 0.25) is 0 Å². The van der Waals surface area contributed by atoms with Crippen molar-refractivity contribution in [3.8, 4) is 11.6 Å². The number of non-ortho nitro benzene ring substituents is 1. The number of nitrogens with zero attached hydrogens (tertiary/aromatic N) is 7. The molecule has 0 saturated carbocycles. The lowest BCUT2D eigenvalue weighted by Gasteiger charge is -2.36. The normalized spacial score (nSPS) is 14.2. The van der Waals surface area contributed by atoms with E-state index in [1.54, 1.807) is 17.0 Å². The Hall–Kier alpha value is -3.83. The number of amides is 1. The molecule has 12 heteroatoms. The number of nitrogens with one attached hydrogen (secondary N) is 1. The zero-order valence-electron chi connectivity index (χ0n) is 15.4. The van der Waals surface area contributed by atoms with Crippen LogP contribution in [0.1, 0.15) is 12.3 Å². The lowest BCUT2D eigenvalue weighted by molar-refractivity contribution is -0.384. The number of hydrogen-bond acceptors (Lipinski definition) is 9. The number of aromatic amines is 1. The first-order valence-electron chi connectivity index (χ1n) is 9.05. The summed E-state index contributed by atoms with van der Waals surface area (Å²) < 4.78 is 5.15. The minimum atomic E-state index is -0.418. The van der Waals surface area contributed by atoms with Crippen LogP contribution in [0, 0.1) is 10.1 Å². The molecule has 1 aliphatic heterocycles. The molecular weight excluding hydrogens is 380 g/mol. The molecule has 4 rings (SSSR count). The number of piperazine rings is 1. The van der Waals surface area contributed by atoms with Gasteiger partial charge < -0.3 is 14.3 Å². The van der Waals surface area contributed by atoms with Gasteiger partial charge in [-0.3, -0.25) is 20.0 Å². The van der Waals surface area contributed by atoms with Gasteiger partial charge >= 0.3 is 0 Å². The van der Waals surface area contributed by atoms with E-state index in [9.17, 15) is 14.9 Å². The summed E-state index contributed by atoms with van der Waals surface area (Å²) in [7, 11) is 0. The molecule has 2 aromatic heterocycles. The molecule has 3 aromatic rings. The molecule has 150 valence electrons. The highest BCUT2D eigenvalue weighted by Gasteiger charge is 2.22. The van der Waals surface area contributed by atoms with Crippen LogP contribution in [0.15, 0.2) is 35.1 Å². The van der Waals surface area contributed by atoms with Gasteiger partial charge in [0.25, 0.3) is 5.69 Å². The van der Waals surface area contributed by atoms with Gasteiger partial charge in [0.2, 0.25) is 17.6 Å². The highest BCUT2D eigenvalue weighted by molar-refractivity contribution is 5.76. The average molecular weight is 398 g/mol. The molecule has 0 unspecified atom stereocenters. The number of H-pyrrole nitrogens is 1. The van der Waals surface area contributed by atoms with Crippen molar-refractivity contribution in [1.82, 2.24) is 30.2 Å². The summed E-state index contributed by atoms with van der Waals surface area (Å²) in [6.45, 7) is 2.51. The Balaban J connectivity index is 1.26. The molecular formula is C17H18N8O4. The molecule has 12 nitrogen and oxygen atoms in total. The molecule has 1 aliphatic rings. The quantitative estimate of drug-likeness (QED) is 0.475. The first-order chi connectivity index (χ1) is 14.1. The molecule has 1 fully saturated rings. The van der Waals surface area contributed by atoms with Crippen LogP contribution >= 0.6 is 0 Å². The molecule has 0 spiro atoms. The van der Waals surface area contributed by atoms with E-state index in [2.05, 4.69) is 30.2 Å². The van der Waals surface area contributed by atoms with Gasteiger partial charge in [0, 0.05) is 56.8 Å². The Morgan fingerprint density at radius 3 is 2.62 bits per heavy atom. The average Bonchev–Trinajstić information content (AvgIpc) is 3.44. The predicted molar refractivity (Wildman–Crippen MR) is 99.9 cm³/mol. The van der Waals surface area contributed by atoms with Crippen LogP contribution in [-0.4, -0.2) is 67.2 Å². The first-order valence-corrected chi connectivity index (χ1v) is 9.05. The molecule has 1 saturated heterocycles. The number of rotatable bonds is 6. The number of carbonyl (C=O) groups excluding carboxylic acids is 1. The predicted octanol–water partition coefficient (Wildman–Crippen LogP) is 1.04. The highest BCUT2D eigenvalue weighted by atomic mass is 16.6. The number of nitro benzene ring substituents is 1. The Morgan fingerprint density at radius 2 is 1.97 bits per heavy atom. The van der Waals surface area contributed by atoms with Gasteiger partial charge in [-0.1, -0.05) is 5.16 Å². The van der Waals surface area contributed by atoms with Crippen molar-refractivity contribution in [2.75, 3.05) is 31.1 Å². The van der Waals surface area contributed by atoms with E-state index >= 15 is 0 Å². The summed E-state index contributed by atoms with van der Waals surface area (Å²) >= 11 is 0. The summed E-state index contributed by atoms with van der Waals surface area (Å²) in [5, 5.41) is 21.0.